The van der Waals surface area contributed by atoms with E-state index in [1.807, 2.05) is 6.92 Å². The molecule has 0 aromatic heterocycles. The Bertz CT molecular complexity index is 620. The van der Waals surface area contributed by atoms with Gasteiger partial charge in [-0.15, -0.1) is 0 Å². The Morgan fingerprint density at radius 2 is 2.21 bits per heavy atom. The largest absolute Gasteiger partial charge is 0.381 e. The van der Waals surface area contributed by atoms with E-state index in [1.54, 1.807) is 18.2 Å². The van der Waals surface area contributed by atoms with Crippen LogP contribution in [0.2, 0.25) is 0 Å². The van der Waals surface area contributed by atoms with E-state index in [4.69, 9.17) is 9.47 Å². The average molecular weight is 393 g/mol. The van der Waals surface area contributed by atoms with Gasteiger partial charge in [-0.05, 0) is 25.8 Å². The highest BCUT2D eigenvalue weighted by Crippen LogP contribution is 2.22. The van der Waals surface area contributed by atoms with E-state index in [0.29, 0.717) is 37.8 Å². The Kier molecular flexibility index (Phi) is 10.1. The first-order valence-electron chi connectivity index (χ1n) is 9.85. The van der Waals surface area contributed by atoms with Crippen LogP contribution >= 0.6 is 0 Å². The number of nitrogens with one attached hydrogen (secondary N) is 3. The molecule has 9 heteroatoms. The minimum Gasteiger partial charge on any atom is -0.381 e. The zero-order chi connectivity index (χ0) is 20.0. The number of hydrogen-bond acceptors (Lipinski definition) is 6. The number of hydrogen-bond donors (Lipinski definition) is 3. The van der Waals surface area contributed by atoms with E-state index in [1.165, 1.54) is 6.07 Å². The molecule has 1 aromatic carbocycles. The number of para-hydroxylation sites is 2. The topological polar surface area (TPSA) is 110 Å². The van der Waals surface area contributed by atoms with Crippen molar-refractivity contribution in [1.82, 2.24) is 10.6 Å². The SMILES string of the molecule is CCNC(=NCCCOCC1CCOC1)NCCNc1ccccc1[N+](=O)[O-]. The van der Waals surface area contributed by atoms with Gasteiger partial charge in [-0.1, -0.05) is 12.1 Å². The molecule has 156 valence electrons. The number of ether oxygens (including phenoxy) is 2. The van der Waals surface area contributed by atoms with E-state index in [2.05, 4.69) is 20.9 Å². The second-order valence-corrected chi connectivity index (χ2v) is 6.55. The van der Waals surface area contributed by atoms with Crippen molar-refractivity contribution in [3.05, 3.63) is 34.4 Å². The summed E-state index contributed by atoms with van der Waals surface area (Å²) in [6.45, 7) is 7.70. The van der Waals surface area contributed by atoms with Crippen LogP contribution in [-0.4, -0.2) is 63.5 Å². The number of guanidine groups is 1. The van der Waals surface area contributed by atoms with E-state index in [9.17, 15) is 10.1 Å². The summed E-state index contributed by atoms with van der Waals surface area (Å²) < 4.78 is 11.0. The molecule has 1 atom stereocenters. The summed E-state index contributed by atoms with van der Waals surface area (Å²) in [5.41, 5.74) is 0.591. The maximum Gasteiger partial charge on any atom is 0.292 e. The van der Waals surface area contributed by atoms with Crippen molar-refractivity contribution in [2.24, 2.45) is 10.9 Å². The van der Waals surface area contributed by atoms with Crippen LogP contribution in [0.5, 0.6) is 0 Å². The molecule has 2 rings (SSSR count). The Labute approximate surface area is 166 Å². The van der Waals surface area contributed by atoms with Gasteiger partial charge < -0.3 is 25.4 Å². The van der Waals surface area contributed by atoms with Crippen molar-refractivity contribution >= 4 is 17.3 Å². The highest BCUT2D eigenvalue weighted by molar-refractivity contribution is 5.79. The van der Waals surface area contributed by atoms with Crippen LogP contribution < -0.4 is 16.0 Å². The molecule has 3 N–H and O–H groups in total. The Morgan fingerprint density at radius 1 is 1.36 bits per heavy atom. The van der Waals surface area contributed by atoms with Gasteiger partial charge in [0.1, 0.15) is 5.69 Å². The molecule has 28 heavy (non-hydrogen) atoms. The standard InChI is InChI=1S/C19H31N5O4/c1-2-20-19(22-9-5-12-27-14-16-8-13-28-15-16)23-11-10-21-17-6-3-4-7-18(17)24(25)26/h3-4,6-7,16,21H,2,5,8-15H2,1H3,(H2,20,22,23). The van der Waals surface area contributed by atoms with Crippen molar-refractivity contribution in [1.29, 1.82) is 0 Å². The molecule has 1 saturated heterocycles. The predicted octanol–water partition coefficient (Wildman–Crippen LogP) is 2.01. The average Bonchev–Trinajstić information content (AvgIpc) is 3.21. The van der Waals surface area contributed by atoms with Crippen molar-refractivity contribution in [2.75, 3.05) is 57.9 Å². The van der Waals surface area contributed by atoms with Gasteiger partial charge in [0.2, 0.25) is 0 Å². The summed E-state index contributed by atoms with van der Waals surface area (Å²) in [6, 6.07) is 6.62. The fraction of sp³-hybridized carbons (Fsp3) is 0.632. The molecule has 0 saturated carbocycles. The van der Waals surface area contributed by atoms with Crippen LogP contribution in [0.15, 0.2) is 29.3 Å². The van der Waals surface area contributed by atoms with Crippen LogP contribution in [0.4, 0.5) is 11.4 Å². The van der Waals surface area contributed by atoms with Crippen LogP contribution in [0.1, 0.15) is 19.8 Å². The molecule has 1 aliphatic heterocycles. The molecule has 0 radical (unpaired) electrons. The number of nitro benzene ring substituents is 1. The number of nitrogens with zero attached hydrogens (tertiary/aromatic N) is 2. The lowest BCUT2D eigenvalue weighted by Crippen LogP contribution is -2.39. The summed E-state index contributed by atoms with van der Waals surface area (Å²) in [5, 5.41) is 20.5. The summed E-state index contributed by atoms with van der Waals surface area (Å²) in [7, 11) is 0. The molecule has 1 unspecified atom stereocenters. The lowest BCUT2D eigenvalue weighted by atomic mass is 10.1. The van der Waals surface area contributed by atoms with Gasteiger partial charge in [0.25, 0.3) is 5.69 Å². The first kappa shape index (κ1) is 21.9. The summed E-state index contributed by atoms with van der Waals surface area (Å²) in [6.07, 6.45) is 1.95. The zero-order valence-corrected chi connectivity index (χ0v) is 16.5. The smallest absolute Gasteiger partial charge is 0.292 e. The number of benzene rings is 1. The van der Waals surface area contributed by atoms with E-state index >= 15 is 0 Å². The molecule has 1 aliphatic rings. The number of nitro groups is 1. The highest BCUT2D eigenvalue weighted by Gasteiger charge is 2.15. The second kappa shape index (κ2) is 12.9. The van der Waals surface area contributed by atoms with Gasteiger partial charge in [-0.25, -0.2) is 0 Å². The molecule has 1 aromatic rings. The van der Waals surface area contributed by atoms with E-state index < -0.39 is 0 Å². The van der Waals surface area contributed by atoms with Crippen LogP contribution in [0.3, 0.4) is 0 Å². The van der Waals surface area contributed by atoms with Gasteiger partial charge in [-0.3, -0.25) is 15.1 Å². The number of aliphatic imine (C=N–C) groups is 1. The van der Waals surface area contributed by atoms with Gasteiger partial charge in [0.15, 0.2) is 5.96 Å². The third kappa shape index (κ3) is 8.10. The summed E-state index contributed by atoms with van der Waals surface area (Å²) in [5.74, 6) is 1.27. The number of anilines is 1. The minimum atomic E-state index is -0.386. The predicted molar refractivity (Wildman–Crippen MR) is 110 cm³/mol. The first-order valence-corrected chi connectivity index (χ1v) is 9.85. The van der Waals surface area contributed by atoms with Gasteiger partial charge >= 0.3 is 0 Å². The highest BCUT2D eigenvalue weighted by atomic mass is 16.6. The number of rotatable bonds is 12. The van der Waals surface area contributed by atoms with Gasteiger partial charge in [0, 0.05) is 51.4 Å². The van der Waals surface area contributed by atoms with Crippen molar-refractivity contribution < 1.29 is 14.4 Å². The first-order chi connectivity index (χ1) is 13.7. The van der Waals surface area contributed by atoms with Crippen LogP contribution in [-0.2, 0) is 9.47 Å². The van der Waals surface area contributed by atoms with Crippen molar-refractivity contribution in [3.63, 3.8) is 0 Å². The fourth-order valence-electron chi connectivity index (χ4n) is 2.82. The Morgan fingerprint density at radius 3 is 2.96 bits per heavy atom. The summed E-state index contributed by atoms with van der Waals surface area (Å²) in [4.78, 5) is 15.2. The van der Waals surface area contributed by atoms with Crippen LogP contribution in [0, 0.1) is 16.0 Å². The van der Waals surface area contributed by atoms with E-state index in [-0.39, 0.29) is 10.6 Å². The lowest BCUT2D eigenvalue weighted by molar-refractivity contribution is -0.384. The molecule has 9 nitrogen and oxygen atoms in total. The monoisotopic (exact) mass is 393 g/mol. The maximum atomic E-state index is 11.0. The second-order valence-electron chi connectivity index (χ2n) is 6.55. The maximum absolute atomic E-state index is 11.0. The van der Waals surface area contributed by atoms with Crippen molar-refractivity contribution in [3.8, 4) is 0 Å². The zero-order valence-electron chi connectivity index (χ0n) is 16.5. The quantitative estimate of drug-likeness (QED) is 0.164. The molecular formula is C19H31N5O4. The Hall–Kier alpha value is -2.39. The molecule has 0 amide bonds. The third-order valence-corrected chi connectivity index (χ3v) is 4.27. The van der Waals surface area contributed by atoms with E-state index in [0.717, 1.165) is 45.2 Å². The lowest BCUT2D eigenvalue weighted by Gasteiger charge is -2.12. The van der Waals surface area contributed by atoms with Gasteiger partial charge in [0.05, 0.1) is 18.1 Å². The molecule has 0 bridgehead atoms. The fourth-order valence-corrected chi connectivity index (χ4v) is 2.82. The van der Waals surface area contributed by atoms with Crippen LogP contribution in [0.25, 0.3) is 0 Å². The third-order valence-electron chi connectivity index (χ3n) is 4.27. The minimum absolute atomic E-state index is 0.0761. The van der Waals surface area contributed by atoms with Gasteiger partial charge in [-0.2, -0.15) is 0 Å². The summed E-state index contributed by atoms with van der Waals surface area (Å²) >= 11 is 0. The molecule has 1 fully saturated rings. The molecular weight excluding hydrogens is 362 g/mol. The normalized spacial score (nSPS) is 16.8. The molecule has 0 aliphatic carbocycles. The Balaban J connectivity index is 1.63. The molecule has 0 spiro atoms. The van der Waals surface area contributed by atoms with Crippen molar-refractivity contribution in [2.45, 2.75) is 19.8 Å². The molecule has 1 heterocycles.